The molecule has 0 saturated carbocycles. The number of carbonyl (C=O) groups excluding carboxylic acids is 1. The number of nitrogens with two attached hydrogens (primary N) is 1. The molecular formula is C13H17NO5. The van der Waals surface area contributed by atoms with Gasteiger partial charge in [0, 0.05) is 0 Å². The van der Waals surface area contributed by atoms with Gasteiger partial charge in [0.05, 0.1) is 6.61 Å². The second-order valence-electron chi connectivity index (χ2n) is 4.12. The molecule has 0 saturated heterocycles. The van der Waals surface area contributed by atoms with Gasteiger partial charge >= 0.3 is 11.9 Å². The lowest BCUT2D eigenvalue weighted by atomic mass is 9.89. The van der Waals surface area contributed by atoms with Crippen LogP contribution in [0.3, 0.4) is 0 Å². The van der Waals surface area contributed by atoms with Crippen molar-refractivity contribution in [3.8, 4) is 0 Å². The molecule has 0 aliphatic rings. The molecule has 19 heavy (non-hydrogen) atoms. The average molecular weight is 267 g/mol. The topological polar surface area (TPSA) is 110 Å². The molecule has 0 bridgehead atoms. The van der Waals surface area contributed by atoms with Crippen LogP contribution >= 0.6 is 0 Å². The minimum Gasteiger partial charge on any atom is -0.478 e. The minimum atomic E-state index is -2.66. The molecule has 104 valence electrons. The van der Waals surface area contributed by atoms with Gasteiger partial charge in [-0.05, 0) is 18.9 Å². The largest absolute Gasteiger partial charge is 0.478 e. The Balaban J connectivity index is 2.99. The molecule has 0 aliphatic heterocycles. The quantitative estimate of drug-likeness (QED) is 0.499. The van der Waals surface area contributed by atoms with Crippen LogP contribution < -0.4 is 5.73 Å². The molecule has 0 amide bonds. The predicted molar refractivity (Wildman–Crippen MR) is 67.0 cm³/mol. The van der Waals surface area contributed by atoms with Gasteiger partial charge in [-0.25, -0.2) is 4.79 Å². The monoisotopic (exact) mass is 267 g/mol. The van der Waals surface area contributed by atoms with Gasteiger partial charge in [0.25, 0.3) is 0 Å². The van der Waals surface area contributed by atoms with Crippen LogP contribution in [0.15, 0.2) is 30.3 Å². The maximum atomic E-state index is 11.8. The fourth-order valence-electron chi connectivity index (χ4n) is 1.66. The van der Waals surface area contributed by atoms with Gasteiger partial charge in [0.2, 0.25) is 5.72 Å². The normalized spacial score (nSPS) is 15.3. The lowest BCUT2D eigenvalue weighted by molar-refractivity contribution is -0.176. The number of hydrogen-bond donors (Lipinski definition) is 3. The molecule has 2 unspecified atom stereocenters. The van der Waals surface area contributed by atoms with E-state index in [4.69, 9.17) is 15.6 Å². The van der Waals surface area contributed by atoms with E-state index in [1.807, 2.05) is 0 Å². The third-order valence-electron chi connectivity index (χ3n) is 2.73. The summed E-state index contributed by atoms with van der Waals surface area (Å²) in [4.78, 5) is 22.8. The summed E-state index contributed by atoms with van der Waals surface area (Å²) in [5.41, 5.74) is 3.36. The summed E-state index contributed by atoms with van der Waals surface area (Å²) < 4.78 is 4.77. The summed E-state index contributed by atoms with van der Waals surface area (Å²) in [6.07, 6.45) is -0.0149. The first kappa shape index (κ1) is 15.1. The molecule has 0 spiro atoms. The number of hydrogen-bond acceptors (Lipinski definition) is 5. The second kappa shape index (κ2) is 6.31. The van der Waals surface area contributed by atoms with Crippen molar-refractivity contribution >= 4 is 11.9 Å². The predicted octanol–water partition coefficient (Wildman–Crippen LogP) is 0.140. The number of carboxylic acid groups (broad SMARTS) is 1. The van der Waals surface area contributed by atoms with E-state index in [2.05, 4.69) is 0 Å². The fraction of sp³-hybridized carbons (Fsp3) is 0.385. The molecule has 1 aromatic carbocycles. The van der Waals surface area contributed by atoms with E-state index in [-0.39, 0.29) is 13.0 Å². The zero-order chi connectivity index (χ0) is 14.5. The second-order valence-corrected chi connectivity index (χ2v) is 4.12. The molecule has 0 aromatic heterocycles. The zero-order valence-electron chi connectivity index (χ0n) is 10.6. The summed E-state index contributed by atoms with van der Waals surface area (Å²) in [7, 11) is 0. The van der Waals surface area contributed by atoms with Crippen molar-refractivity contribution in [2.24, 2.45) is 11.7 Å². The maximum absolute atomic E-state index is 11.8. The van der Waals surface area contributed by atoms with Gasteiger partial charge in [-0.1, -0.05) is 30.3 Å². The van der Waals surface area contributed by atoms with Crippen molar-refractivity contribution in [1.29, 1.82) is 0 Å². The van der Waals surface area contributed by atoms with Gasteiger partial charge < -0.3 is 14.9 Å². The van der Waals surface area contributed by atoms with Crippen LogP contribution in [0.25, 0.3) is 0 Å². The molecule has 0 radical (unpaired) electrons. The van der Waals surface area contributed by atoms with Gasteiger partial charge in [-0.2, -0.15) is 0 Å². The van der Waals surface area contributed by atoms with E-state index in [0.717, 1.165) is 0 Å². The van der Waals surface area contributed by atoms with Crippen molar-refractivity contribution in [3.05, 3.63) is 35.9 Å². The first-order valence-corrected chi connectivity index (χ1v) is 5.84. The number of esters is 1. The Bertz CT molecular complexity index is 444. The van der Waals surface area contributed by atoms with Crippen LogP contribution in [0.1, 0.15) is 12.5 Å². The van der Waals surface area contributed by atoms with Crippen LogP contribution in [0.5, 0.6) is 0 Å². The Labute approximate surface area is 110 Å². The van der Waals surface area contributed by atoms with Crippen LogP contribution in [0.2, 0.25) is 0 Å². The van der Waals surface area contributed by atoms with E-state index in [9.17, 15) is 14.7 Å². The SMILES string of the molecule is CCOC(=O)C(Cc1ccccc1)C(N)(O)C(=O)O. The molecule has 1 aromatic rings. The van der Waals surface area contributed by atoms with Crippen molar-refractivity contribution in [1.82, 2.24) is 0 Å². The molecule has 0 aliphatic carbocycles. The Morgan fingerprint density at radius 2 is 1.95 bits per heavy atom. The smallest absolute Gasteiger partial charge is 0.351 e. The Hall–Kier alpha value is -1.92. The Kier molecular flexibility index (Phi) is 5.02. The van der Waals surface area contributed by atoms with Crippen molar-refractivity contribution in [3.63, 3.8) is 0 Å². The number of benzene rings is 1. The number of carbonyl (C=O) groups is 2. The zero-order valence-corrected chi connectivity index (χ0v) is 10.6. The summed E-state index contributed by atoms with van der Waals surface area (Å²) in [5, 5.41) is 18.7. The van der Waals surface area contributed by atoms with Crippen LogP contribution in [0.4, 0.5) is 0 Å². The van der Waals surface area contributed by atoms with Crippen molar-refractivity contribution in [2.75, 3.05) is 6.61 Å². The van der Waals surface area contributed by atoms with Crippen molar-refractivity contribution in [2.45, 2.75) is 19.1 Å². The van der Waals surface area contributed by atoms with E-state index < -0.39 is 23.6 Å². The lowest BCUT2D eigenvalue weighted by Gasteiger charge is -2.26. The van der Waals surface area contributed by atoms with Gasteiger partial charge in [-0.3, -0.25) is 10.5 Å². The van der Waals surface area contributed by atoms with E-state index in [1.165, 1.54) is 0 Å². The summed E-state index contributed by atoms with van der Waals surface area (Å²) in [5.74, 6) is -3.87. The Morgan fingerprint density at radius 3 is 2.42 bits per heavy atom. The van der Waals surface area contributed by atoms with Crippen LogP contribution in [0, 0.1) is 5.92 Å². The van der Waals surface area contributed by atoms with Gasteiger partial charge in [-0.15, -0.1) is 0 Å². The lowest BCUT2D eigenvalue weighted by Crippen LogP contribution is -2.57. The third kappa shape index (κ3) is 3.77. The number of aliphatic hydroxyl groups is 1. The van der Waals surface area contributed by atoms with Crippen LogP contribution in [-0.4, -0.2) is 34.5 Å². The van der Waals surface area contributed by atoms with E-state index in [0.29, 0.717) is 5.56 Å². The number of rotatable bonds is 6. The fourth-order valence-corrected chi connectivity index (χ4v) is 1.66. The van der Waals surface area contributed by atoms with Gasteiger partial charge in [0.1, 0.15) is 5.92 Å². The highest BCUT2D eigenvalue weighted by Gasteiger charge is 2.45. The minimum absolute atomic E-state index is 0.0149. The summed E-state index contributed by atoms with van der Waals surface area (Å²) in [6, 6.07) is 8.70. The number of aliphatic carboxylic acids is 1. The first-order chi connectivity index (χ1) is 8.89. The summed E-state index contributed by atoms with van der Waals surface area (Å²) >= 11 is 0. The number of carboxylic acids is 1. The van der Waals surface area contributed by atoms with Crippen LogP contribution in [-0.2, 0) is 20.7 Å². The first-order valence-electron chi connectivity index (χ1n) is 5.84. The summed E-state index contributed by atoms with van der Waals surface area (Å²) in [6.45, 7) is 1.67. The van der Waals surface area contributed by atoms with Gasteiger partial charge in [0.15, 0.2) is 0 Å². The standard InChI is InChI=1S/C13H17NO5/c1-2-19-11(15)10(13(14,18)12(16)17)8-9-6-4-3-5-7-9/h3-7,10,18H,2,8,14H2,1H3,(H,16,17). The molecule has 0 fully saturated rings. The molecule has 6 heteroatoms. The molecule has 4 N–H and O–H groups in total. The molecular weight excluding hydrogens is 250 g/mol. The maximum Gasteiger partial charge on any atom is 0.351 e. The highest BCUT2D eigenvalue weighted by Crippen LogP contribution is 2.20. The van der Waals surface area contributed by atoms with E-state index in [1.54, 1.807) is 37.3 Å². The Morgan fingerprint density at radius 1 is 1.37 bits per heavy atom. The molecule has 6 nitrogen and oxygen atoms in total. The molecule has 1 rings (SSSR count). The highest BCUT2D eigenvalue weighted by molar-refractivity contribution is 5.85. The van der Waals surface area contributed by atoms with E-state index >= 15 is 0 Å². The highest BCUT2D eigenvalue weighted by atomic mass is 16.5. The average Bonchev–Trinajstić information content (AvgIpc) is 2.37. The number of ether oxygens (including phenoxy) is 1. The van der Waals surface area contributed by atoms with Crippen molar-refractivity contribution < 1.29 is 24.5 Å². The third-order valence-corrected chi connectivity index (χ3v) is 2.73. The molecule has 2 atom stereocenters. The molecule has 0 heterocycles.